The molecule has 1 atom stereocenters. The molecule has 1 aliphatic rings. The Morgan fingerprint density at radius 3 is 2.48 bits per heavy atom. The van der Waals surface area contributed by atoms with Crippen molar-refractivity contribution in [3.63, 3.8) is 0 Å². The van der Waals surface area contributed by atoms with Crippen molar-refractivity contribution in [3.05, 3.63) is 29.8 Å². The van der Waals surface area contributed by atoms with Gasteiger partial charge in [-0.3, -0.25) is 4.90 Å². The number of benzene rings is 1. The Balaban J connectivity index is 0.00000264. The number of aliphatic hydroxyl groups is 1. The molecule has 1 heterocycles. The monoisotopic (exact) mass is 370 g/mol. The van der Waals surface area contributed by atoms with E-state index >= 15 is 0 Å². The SMILES string of the molecule is Cl.OCCC[C@H](c1ccccc1SC(F)(F)F)N1CCNCC1. The van der Waals surface area contributed by atoms with Crippen LogP contribution in [0.15, 0.2) is 29.2 Å². The molecule has 8 heteroatoms. The molecule has 3 nitrogen and oxygen atoms in total. The van der Waals surface area contributed by atoms with Crippen molar-refractivity contribution < 1.29 is 18.3 Å². The van der Waals surface area contributed by atoms with Gasteiger partial charge in [-0.15, -0.1) is 12.4 Å². The number of hydrogen-bond donors (Lipinski definition) is 2. The van der Waals surface area contributed by atoms with Crippen LogP contribution in [0.25, 0.3) is 0 Å². The largest absolute Gasteiger partial charge is 0.446 e. The van der Waals surface area contributed by atoms with Gasteiger partial charge in [0, 0.05) is 43.7 Å². The van der Waals surface area contributed by atoms with Gasteiger partial charge in [-0.1, -0.05) is 18.2 Å². The zero-order chi connectivity index (χ0) is 16.0. The summed E-state index contributed by atoms with van der Waals surface area (Å²) >= 11 is -0.0516. The molecule has 0 saturated carbocycles. The number of piperazine rings is 1. The molecule has 1 fully saturated rings. The summed E-state index contributed by atoms with van der Waals surface area (Å²) in [6.07, 6.45) is 1.24. The Morgan fingerprint density at radius 1 is 1.22 bits per heavy atom. The second-order valence-electron chi connectivity index (χ2n) is 5.25. The summed E-state index contributed by atoms with van der Waals surface area (Å²) in [4.78, 5) is 2.47. The van der Waals surface area contributed by atoms with E-state index in [1.165, 1.54) is 6.07 Å². The van der Waals surface area contributed by atoms with Gasteiger partial charge in [0.2, 0.25) is 0 Å². The third kappa shape index (κ3) is 6.51. The molecule has 1 aromatic rings. The minimum atomic E-state index is -4.29. The van der Waals surface area contributed by atoms with Crippen molar-refractivity contribution >= 4 is 24.2 Å². The highest BCUT2D eigenvalue weighted by molar-refractivity contribution is 8.00. The molecule has 1 aromatic carbocycles. The average Bonchev–Trinajstić information content (AvgIpc) is 2.49. The lowest BCUT2D eigenvalue weighted by atomic mass is 9.99. The van der Waals surface area contributed by atoms with Crippen LogP contribution in [0.1, 0.15) is 24.4 Å². The van der Waals surface area contributed by atoms with Gasteiger partial charge in [0.25, 0.3) is 0 Å². The standard InChI is InChI=1S/C15H21F3N2OS.ClH/c16-15(17,18)22-14-6-2-1-4-12(14)13(5-3-11-21)20-9-7-19-8-10-20;/h1-2,4,6,13,19,21H,3,5,7-11H2;1H/t13-;/m1./s1. The third-order valence-corrected chi connectivity index (χ3v) is 4.55. The van der Waals surface area contributed by atoms with Gasteiger partial charge in [0.05, 0.1) is 0 Å². The summed E-state index contributed by atoms with van der Waals surface area (Å²) in [6, 6.07) is 6.64. The van der Waals surface area contributed by atoms with E-state index in [1.54, 1.807) is 18.2 Å². The van der Waals surface area contributed by atoms with Gasteiger partial charge < -0.3 is 10.4 Å². The van der Waals surface area contributed by atoms with Crippen LogP contribution < -0.4 is 5.32 Å². The second-order valence-corrected chi connectivity index (χ2v) is 6.36. The highest BCUT2D eigenvalue weighted by Gasteiger charge is 2.32. The third-order valence-electron chi connectivity index (χ3n) is 3.73. The van der Waals surface area contributed by atoms with Crippen LogP contribution in [0.2, 0.25) is 0 Å². The Labute approximate surface area is 145 Å². The summed E-state index contributed by atoms with van der Waals surface area (Å²) < 4.78 is 38.3. The van der Waals surface area contributed by atoms with Crippen LogP contribution >= 0.6 is 24.2 Å². The summed E-state index contributed by atoms with van der Waals surface area (Å²) in [5.74, 6) is 0. The molecule has 2 rings (SSSR count). The van der Waals surface area contributed by atoms with Crippen LogP contribution in [0, 0.1) is 0 Å². The number of aliphatic hydroxyl groups excluding tert-OH is 1. The molecule has 0 bridgehead atoms. The predicted octanol–water partition coefficient (Wildman–Crippen LogP) is 3.44. The van der Waals surface area contributed by atoms with Gasteiger partial charge in [-0.05, 0) is 36.2 Å². The van der Waals surface area contributed by atoms with E-state index in [0.29, 0.717) is 18.4 Å². The maximum Gasteiger partial charge on any atom is 0.446 e. The van der Waals surface area contributed by atoms with Crippen LogP contribution in [0.4, 0.5) is 13.2 Å². The molecule has 0 unspecified atom stereocenters. The Bertz CT molecular complexity index is 470. The predicted molar refractivity (Wildman–Crippen MR) is 89.1 cm³/mol. The van der Waals surface area contributed by atoms with Crippen LogP contribution in [-0.2, 0) is 0 Å². The zero-order valence-electron chi connectivity index (χ0n) is 12.7. The number of hydrogen-bond acceptors (Lipinski definition) is 4. The van der Waals surface area contributed by atoms with Gasteiger partial charge in [0.1, 0.15) is 0 Å². The smallest absolute Gasteiger partial charge is 0.396 e. The van der Waals surface area contributed by atoms with Gasteiger partial charge in [0.15, 0.2) is 0 Å². The summed E-state index contributed by atoms with van der Waals surface area (Å²) in [5, 5.41) is 12.4. The quantitative estimate of drug-likeness (QED) is 0.752. The molecular formula is C15H22ClF3N2OS. The maximum atomic E-state index is 12.8. The van der Waals surface area contributed by atoms with E-state index in [1.807, 2.05) is 0 Å². The molecule has 0 radical (unpaired) electrons. The number of thioether (sulfide) groups is 1. The van der Waals surface area contributed by atoms with E-state index in [2.05, 4.69) is 10.2 Å². The van der Waals surface area contributed by atoms with Crippen molar-refractivity contribution in [1.29, 1.82) is 0 Å². The first-order chi connectivity index (χ1) is 10.5. The molecule has 23 heavy (non-hydrogen) atoms. The van der Waals surface area contributed by atoms with Crippen LogP contribution in [-0.4, -0.2) is 48.3 Å². The number of halogens is 4. The summed E-state index contributed by atoms with van der Waals surface area (Å²) in [7, 11) is 0. The van der Waals surface area contributed by atoms with Gasteiger partial charge in [-0.25, -0.2) is 0 Å². The van der Waals surface area contributed by atoms with Crippen molar-refractivity contribution in [3.8, 4) is 0 Å². The highest BCUT2D eigenvalue weighted by atomic mass is 35.5. The molecule has 132 valence electrons. The lowest BCUT2D eigenvalue weighted by Gasteiger charge is -2.36. The Morgan fingerprint density at radius 2 is 1.87 bits per heavy atom. The van der Waals surface area contributed by atoms with Crippen LogP contribution in [0.3, 0.4) is 0 Å². The number of nitrogens with zero attached hydrogens (tertiary/aromatic N) is 1. The van der Waals surface area contributed by atoms with Gasteiger partial charge >= 0.3 is 5.51 Å². The normalized spacial score (nSPS) is 17.6. The van der Waals surface area contributed by atoms with E-state index in [0.717, 1.165) is 26.2 Å². The van der Waals surface area contributed by atoms with E-state index in [4.69, 9.17) is 5.11 Å². The summed E-state index contributed by atoms with van der Waals surface area (Å²) in [6.45, 7) is 3.34. The highest BCUT2D eigenvalue weighted by Crippen LogP contribution is 2.42. The first-order valence-electron chi connectivity index (χ1n) is 7.41. The molecule has 1 aliphatic heterocycles. The lowest BCUT2D eigenvalue weighted by molar-refractivity contribution is -0.0328. The Hall–Kier alpha value is -0.470. The first kappa shape index (κ1) is 20.6. The molecule has 1 saturated heterocycles. The molecule has 0 spiro atoms. The molecule has 2 N–H and O–H groups in total. The summed E-state index contributed by atoms with van der Waals surface area (Å²) in [5.41, 5.74) is -3.58. The van der Waals surface area contributed by atoms with Crippen molar-refractivity contribution in [2.45, 2.75) is 29.3 Å². The van der Waals surface area contributed by atoms with Crippen molar-refractivity contribution in [1.82, 2.24) is 10.2 Å². The van der Waals surface area contributed by atoms with Crippen LogP contribution in [0.5, 0.6) is 0 Å². The fourth-order valence-electron chi connectivity index (χ4n) is 2.79. The molecule has 0 aromatic heterocycles. The van der Waals surface area contributed by atoms with E-state index in [9.17, 15) is 13.2 Å². The molecule has 0 amide bonds. The Kier molecular flexibility index (Phi) is 8.71. The number of rotatable bonds is 6. The minimum absolute atomic E-state index is 0. The van der Waals surface area contributed by atoms with E-state index in [-0.39, 0.29) is 41.7 Å². The topological polar surface area (TPSA) is 35.5 Å². The van der Waals surface area contributed by atoms with Crippen molar-refractivity contribution in [2.24, 2.45) is 0 Å². The lowest BCUT2D eigenvalue weighted by Crippen LogP contribution is -2.45. The number of alkyl halides is 3. The maximum absolute atomic E-state index is 12.8. The average molecular weight is 371 g/mol. The fraction of sp³-hybridized carbons (Fsp3) is 0.600. The number of nitrogens with one attached hydrogen (secondary N) is 1. The first-order valence-corrected chi connectivity index (χ1v) is 8.23. The van der Waals surface area contributed by atoms with Gasteiger partial charge in [-0.2, -0.15) is 13.2 Å². The van der Waals surface area contributed by atoms with Crippen molar-refractivity contribution in [2.75, 3.05) is 32.8 Å². The minimum Gasteiger partial charge on any atom is -0.396 e. The zero-order valence-corrected chi connectivity index (χ0v) is 14.3. The molecule has 0 aliphatic carbocycles. The second kappa shape index (κ2) is 9.74. The molecular weight excluding hydrogens is 349 g/mol. The fourth-order valence-corrected chi connectivity index (χ4v) is 3.50. The van der Waals surface area contributed by atoms with E-state index < -0.39 is 5.51 Å².